The van der Waals surface area contributed by atoms with E-state index in [1.807, 2.05) is 30.3 Å². The highest BCUT2D eigenvalue weighted by Gasteiger charge is 2.12. The van der Waals surface area contributed by atoms with Crippen LogP contribution in [-0.2, 0) is 6.54 Å². The standard InChI is InChI=1S/C16H17FN2.ClH/c1-2-19-15-6-4-3-5-12(15)13-9-11(14(18)10-17)7-8-16(13)19;/h3-9,14H,2,10,18H2,1H3;1H/t14-;/m1./s1. The number of nitrogens with two attached hydrogens (primary N) is 1. The monoisotopic (exact) mass is 292 g/mol. The van der Waals surface area contributed by atoms with Gasteiger partial charge in [-0.05, 0) is 30.7 Å². The number of hydrogen-bond acceptors (Lipinski definition) is 1. The fraction of sp³-hybridized carbons (Fsp3) is 0.250. The van der Waals surface area contributed by atoms with Crippen molar-refractivity contribution in [1.82, 2.24) is 4.57 Å². The summed E-state index contributed by atoms with van der Waals surface area (Å²) >= 11 is 0. The van der Waals surface area contributed by atoms with Crippen molar-refractivity contribution in [3.05, 3.63) is 48.0 Å². The van der Waals surface area contributed by atoms with E-state index in [0.29, 0.717) is 0 Å². The molecule has 0 radical (unpaired) electrons. The molecular formula is C16H18ClFN2. The molecule has 3 rings (SSSR count). The summed E-state index contributed by atoms with van der Waals surface area (Å²) in [7, 11) is 0. The van der Waals surface area contributed by atoms with E-state index in [1.54, 1.807) is 0 Å². The average molecular weight is 293 g/mol. The number of rotatable bonds is 3. The molecular weight excluding hydrogens is 275 g/mol. The van der Waals surface area contributed by atoms with Crippen LogP contribution >= 0.6 is 12.4 Å². The zero-order valence-corrected chi connectivity index (χ0v) is 12.2. The molecule has 1 atom stereocenters. The molecule has 0 aliphatic heterocycles. The molecule has 2 N–H and O–H groups in total. The van der Waals surface area contributed by atoms with Crippen LogP contribution in [0.5, 0.6) is 0 Å². The van der Waals surface area contributed by atoms with Crippen LogP contribution in [0.4, 0.5) is 4.39 Å². The first-order valence-corrected chi connectivity index (χ1v) is 6.58. The van der Waals surface area contributed by atoms with Gasteiger partial charge in [0, 0.05) is 28.4 Å². The molecule has 0 saturated carbocycles. The second-order valence-corrected chi connectivity index (χ2v) is 4.80. The summed E-state index contributed by atoms with van der Waals surface area (Å²) in [5, 5.41) is 2.35. The van der Waals surface area contributed by atoms with Gasteiger partial charge >= 0.3 is 0 Å². The number of para-hydroxylation sites is 1. The maximum absolute atomic E-state index is 12.7. The van der Waals surface area contributed by atoms with Crippen molar-refractivity contribution in [2.45, 2.75) is 19.5 Å². The first-order chi connectivity index (χ1) is 9.26. The number of fused-ring (bicyclic) bond motifs is 3. The number of benzene rings is 2. The van der Waals surface area contributed by atoms with Crippen LogP contribution in [0, 0.1) is 0 Å². The van der Waals surface area contributed by atoms with Crippen molar-refractivity contribution >= 4 is 34.2 Å². The van der Waals surface area contributed by atoms with Gasteiger partial charge in [0.15, 0.2) is 0 Å². The quantitative estimate of drug-likeness (QED) is 0.770. The predicted octanol–water partition coefficient (Wildman–Crippen LogP) is 4.21. The van der Waals surface area contributed by atoms with E-state index in [4.69, 9.17) is 5.73 Å². The first kappa shape index (κ1) is 14.8. The number of hydrogen-bond donors (Lipinski definition) is 1. The van der Waals surface area contributed by atoms with Gasteiger partial charge in [0.25, 0.3) is 0 Å². The van der Waals surface area contributed by atoms with Gasteiger partial charge in [-0.25, -0.2) is 4.39 Å². The molecule has 2 nitrogen and oxygen atoms in total. The summed E-state index contributed by atoms with van der Waals surface area (Å²) in [4.78, 5) is 0. The van der Waals surface area contributed by atoms with Crippen LogP contribution in [0.1, 0.15) is 18.5 Å². The third kappa shape index (κ3) is 2.17. The third-order valence-electron chi connectivity index (χ3n) is 3.71. The lowest BCUT2D eigenvalue weighted by molar-refractivity contribution is 0.437. The maximum Gasteiger partial charge on any atom is 0.109 e. The molecule has 1 aromatic heterocycles. The van der Waals surface area contributed by atoms with Gasteiger partial charge in [0.05, 0.1) is 6.04 Å². The molecule has 0 amide bonds. The Balaban J connectivity index is 0.00000147. The maximum atomic E-state index is 12.7. The van der Waals surface area contributed by atoms with Crippen LogP contribution in [0.25, 0.3) is 21.8 Å². The Morgan fingerprint density at radius 3 is 2.50 bits per heavy atom. The summed E-state index contributed by atoms with van der Waals surface area (Å²) in [6.07, 6.45) is 0. The van der Waals surface area contributed by atoms with Crippen molar-refractivity contribution in [3.8, 4) is 0 Å². The SMILES string of the molecule is CCn1c2ccccc2c2cc([C@H](N)CF)ccc21.Cl. The van der Waals surface area contributed by atoms with Gasteiger partial charge in [-0.15, -0.1) is 12.4 Å². The van der Waals surface area contributed by atoms with Crippen LogP contribution in [0.15, 0.2) is 42.5 Å². The molecule has 0 spiro atoms. The van der Waals surface area contributed by atoms with Crippen molar-refractivity contribution in [2.24, 2.45) is 5.73 Å². The number of alkyl halides is 1. The van der Waals surface area contributed by atoms with E-state index in [0.717, 1.165) is 17.5 Å². The van der Waals surface area contributed by atoms with Crippen LogP contribution in [0.3, 0.4) is 0 Å². The van der Waals surface area contributed by atoms with E-state index in [2.05, 4.69) is 23.6 Å². The summed E-state index contributed by atoms with van der Waals surface area (Å²) in [6, 6.07) is 13.8. The summed E-state index contributed by atoms with van der Waals surface area (Å²) < 4.78 is 15.0. The highest BCUT2D eigenvalue weighted by atomic mass is 35.5. The smallest absolute Gasteiger partial charge is 0.109 e. The largest absolute Gasteiger partial charge is 0.341 e. The van der Waals surface area contributed by atoms with E-state index < -0.39 is 12.7 Å². The Morgan fingerprint density at radius 2 is 1.80 bits per heavy atom. The van der Waals surface area contributed by atoms with Gasteiger partial charge < -0.3 is 10.3 Å². The highest BCUT2D eigenvalue weighted by molar-refractivity contribution is 6.08. The van der Waals surface area contributed by atoms with Gasteiger partial charge in [-0.3, -0.25) is 0 Å². The van der Waals surface area contributed by atoms with Crippen LogP contribution < -0.4 is 5.73 Å². The zero-order valence-electron chi connectivity index (χ0n) is 11.3. The van der Waals surface area contributed by atoms with E-state index in [1.165, 1.54) is 16.4 Å². The molecule has 0 fully saturated rings. The number of aromatic nitrogens is 1. The molecule has 4 heteroatoms. The van der Waals surface area contributed by atoms with Crippen molar-refractivity contribution in [3.63, 3.8) is 0 Å². The fourth-order valence-electron chi connectivity index (χ4n) is 2.73. The van der Waals surface area contributed by atoms with Crippen LogP contribution in [0.2, 0.25) is 0 Å². The van der Waals surface area contributed by atoms with Crippen LogP contribution in [-0.4, -0.2) is 11.2 Å². The summed E-state index contributed by atoms with van der Waals surface area (Å²) in [6.45, 7) is 2.52. The molecule has 0 aliphatic rings. The molecule has 20 heavy (non-hydrogen) atoms. The van der Waals surface area contributed by atoms with Crippen molar-refractivity contribution < 1.29 is 4.39 Å². The molecule has 106 valence electrons. The first-order valence-electron chi connectivity index (χ1n) is 6.58. The van der Waals surface area contributed by atoms with Gasteiger partial charge in [-0.2, -0.15) is 0 Å². The summed E-state index contributed by atoms with van der Waals surface area (Å²) in [5.74, 6) is 0. The van der Waals surface area contributed by atoms with Gasteiger partial charge in [0.1, 0.15) is 6.67 Å². The Morgan fingerprint density at radius 1 is 1.10 bits per heavy atom. The van der Waals surface area contributed by atoms with E-state index in [9.17, 15) is 4.39 Å². The molecule has 0 saturated heterocycles. The third-order valence-corrected chi connectivity index (χ3v) is 3.71. The van der Waals surface area contributed by atoms with Gasteiger partial charge in [0.2, 0.25) is 0 Å². The minimum atomic E-state index is -0.534. The normalized spacial score (nSPS) is 12.6. The molecule has 2 aromatic carbocycles. The number of halogens is 2. The molecule has 0 unspecified atom stereocenters. The van der Waals surface area contributed by atoms with E-state index in [-0.39, 0.29) is 12.4 Å². The Kier molecular flexibility index (Phi) is 4.31. The number of aryl methyl sites for hydroxylation is 1. The molecule has 1 heterocycles. The Labute approximate surface area is 123 Å². The second-order valence-electron chi connectivity index (χ2n) is 4.80. The minimum Gasteiger partial charge on any atom is -0.341 e. The highest BCUT2D eigenvalue weighted by Crippen LogP contribution is 2.30. The van der Waals surface area contributed by atoms with E-state index >= 15 is 0 Å². The minimum absolute atomic E-state index is 0. The lowest BCUT2D eigenvalue weighted by Gasteiger charge is -2.08. The summed E-state index contributed by atoms with van der Waals surface area (Å²) in [5.41, 5.74) is 9.04. The lowest BCUT2D eigenvalue weighted by atomic mass is 10.0. The lowest BCUT2D eigenvalue weighted by Crippen LogP contribution is -2.11. The zero-order chi connectivity index (χ0) is 13.4. The Bertz CT molecular complexity index is 736. The molecule has 0 bridgehead atoms. The predicted molar refractivity (Wildman–Crippen MR) is 85.3 cm³/mol. The topological polar surface area (TPSA) is 30.9 Å². The average Bonchev–Trinajstić information content (AvgIpc) is 2.79. The molecule has 0 aliphatic carbocycles. The Hall–Kier alpha value is -1.58. The van der Waals surface area contributed by atoms with Crippen molar-refractivity contribution in [1.29, 1.82) is 0 Å². The second kappa shape index (κ2) is 5.81. The van der Waals surface area contributed by atoms with Crippen molar-refractivity contribution in [2.75, 3.05) is 6.67 Å². The molecule has 3 aromatic rings. The number of nitrogens with zero attached hydrogens (tertiary/aromatic N) is 1. The fourth-order valence-corrected chi connectivity index (χ4v) is 2.73. The van der Waals surface area contributed by atoms with Gasteiger partial charge in [-0.1, -0.05) is 24.3 Å².